The maximum atomic E-state index is 12.3. The Morgan fingerprint density at radius 1 is 1.08 bits per heavy atom. The molecule has 0 fully saturated rings. The molecule has 0 N–H and O–H groups in total. The highest BCUT2D eigenvalue weighted by Gasteiger charge is 2.23. The zero-order valence-corrected chi connectivity index (χ0v) is 14.6. The molecule has 3 rings (SSSR count). The number of benzene rings is 1. The van der Waals surface area contributed by atoms with Crippen molar-refractivity contribution in [2.24, 2.45) is 0 Å². The third kappa shape index (κ3) is 3.04. The summed E-state index contributed by atoms with van der Waals surface area (Å²) >= 11 is 6.04. The maximum absolute atomic E-state index is 12.3. The molecule has 3 aromatic rings. The van der Waals surface area contributed by atoms with E-state index in [1.165, 1.54) is 25.7 Å². The monoisotopic (exact) mass is 372 g/mol. The minimum Gasteiger partial charge on any atom is -0.465 e. The lowest BCUT2D eigenvalue weighted by Gasteiger charge is -2.06. The number of hydrogen-bond donors (Lipinski definition) is 0. The number of aromatic nitrogens is 2. The maximum Gasteiger partial charge on any atom is 0.379 e. The Bertz CT molecular complexity index is 1040. The van der Waals surface area contributed by atoms with Gasteiger partial charge in [-0.1, -0.05) is 11.6 Å². The zero-order valence-electron chi connectivity index (χ0n) is 13.9. The highest BCUT2D eigenvalue weighted by molar-refractivity contribution is 6.43. The first-order valence-corrected chi connectivity index (χ1v) is 7.81. The van der Waals surface area contributed by atoms with Crippen molar-refractivity contribution in [3.63, 3.8) is 0 Å². The molecule has 26 heavy (non-hydrogen) atoms. The van der Waals surface area contributed by atoms with Gasteiger partial charge in [-0.15, -0.1) is 0 Å². The number of methoxy groups -OCH3 is 2. The van der Waals surface area contributed by atoms with Crippen LogP contribution < -0.4 is 0 Å². The van der Waals surface area contributed by atoms with E-state index in [0.717, 1.165) is 7.11 Å². The Morgan fingerprint density at radius 2 is 1.85 bits per heavy atom. The number of Topliss-reactive ketones (excluding diaryl/α,β-unsaturated/α-hetero) is 1. The fourth-order valence-corrected chi connectivity index (χ4v) is 2.76. The van der Waals surface area contributed by atoms with Gasteiger partial charge < -0.3 is 14.0 Å². The van der Waals surface area contributed by atoms with Crippen molar-refractivity contribution >= 4 is 40.2 Å². The van der Waals surface area contributed by atoms with Crippen molar-refractivity contribution < 1.29 is 23.9 Å². The summed E-state index contributed by atoms with van der Waals surface area (Å²) in [5.41, 5.74) is 1.52. The van der Waals surface area contributed by atoms with Crippen molar-refractivity contribution in [1.29, 1.82) is 0 Å². The molecular weight excluding hydrogens is 360 g/mol. The van der Waals surface area contributed by atoms with E-state index in [1.54, 1.807) is 28.8 Å². The Kier molecular flexibility index (Phi) is 4.73. The smallest absolute Gasteiger partial charge is 0.379 e. The van der Waals surface area contributed by atoms with Gasteiger partial charge in [0, 0.05) is 22.8 Å². The van der Waals surface area contributed by atoms with Gasteiger partial charge in [-0.2, -0.15) is 0 Å². The number of rotatable bonds is 4. The minimum atomic E-state index is -0.981. The van der Waals surface area contributed by atoms with Gasteiger partial charge >= 0.3 is 11.9 Å². The van der Waals surface area contributed by atoms with Crippen LogP contribution in [-0.4, -0.2) is 41.5 Å². The molecule has 2 heterocycles. The van der Waals surface area contributed by atoms with Crippen LogP contribution in [0.1, 0.15) is 20.7 Å². The molecule has 0 atom stereocenters. The van der Waals surface area contributed by atoms with Gasteiger partial charge in [0.2, 0.25) is 0 Å². The number of carbonyl (C=O) groups is 3. The second kappa shape index (κ2) is 6.97. The molecule has 0 bridgehead atoms. The Morgan fingerprint density at radius 3 is 2.54 bits per heavy atom. The third-order valence-corrected chi connectivity index (χ3v) is 4.04. The molecule has 1 aromatic carbocycles. The van der Waals surface area contributed by atoms with Gasteiger partial charge in [0.1, 0.15) is 0 Å². The lowest BCUT2D eigenvalue weighted by molar-refractivity contribution is -0.135. The van der Waals surface area contributed by atoms with E-state index in [-0.39, 0.29) is 11.1 Å². The highest BCUT2D eigenvalue weighted by Crippen LogP contribution is 2.28. The number of nitrogens with zero attached hydrogens (tertiary/aromatic N) is 2. The normalized spacial score (nSPS) is 10.6. The summed E-state index contributed by atoms with van der Waals surface area (Å²) in [5.74, 6) is -2.31. The first kappa shape index (κ1) is 17.6. The Balaban J connectivity index is 2.23. The molecule has 0 saturated carbocycles. The van der Waals surface area contributed by atoms with Gasteiger partial charge in [-0.05, 0) is 24.3 Å². The largest absolute Gasteiger partial charge is 0.465 e. The lowest BCUT2D eigenvalue weighted by Crippen LogP contribution is -2.15. The summed E-state index contributed by atoms with van der Waals surface area (Å²) in [6, 6.07) is 6.52. The predicted octanol–water partition coefficient (Wildman–Crippen LogP) is 2.82. The van der Waals surface area contributed by atoms with Crippen molar-refractivity contribution in [1.82, 2.24) is 9.55 Å². The fraction of sp³-hybridized carbons (Fsp3) is 0.111. The van der Waals surface area contributed by atoms with Gasteiger partial charge in [-0.25, -0.2) is 9.59 Å². The van der Waals surface area contributed by atoms with Crippen LogP contribution in [0.25, 0.3) is 16.6 Å². The van der Waals surface area contributed by atoms with Crippen LogP contribution in [0.3, 0.4) is 0 Å². The van der Waals surface area contributed by atoms with Crippen molar-refractivity contribution in [3.8, 4) is 5.69 Å². The summed E-state index contributed by atoms with van der Waals surface area (Å²) in [4.78, 5) is 39.8. The van der Waals surface area contributed by atoms with Crippen molar-refractivity contribution in [2.45, 2.75) is 0 Å². The van der Waals surface area contributed by atoms with E-state index in [9.17, 15) is 14.4 Å². The molecule has 0 saturated heterocycles. The average molecular weight is 373 g/mol. The molecular formula is C18H13ClN2O5. The lowest BCUT2D eigenvalue weighted by atomic mass is 10.1. The summed E-state index contributed by atoms with van der Waals surface area (Å²) < 4.78 is 10.9. The Labute approximate surface area is 153 Å². The van der Waals surface area contributed by atoms with Crippen LogP contribution in [0, 0.1) is 0 Å². The van der Waals surface area contributed by atoms with E-state index >= 15 is 0 Å². The van der Waals surface area contributed by atoms with Crippen LogP contribution >= 0.6 is 11.6 Å². The third-order valence-electron chi connectivity index (χ3n) is 3.81. The molecule has 0 amide bonds. The van der Waals surface area contributed by atoms with Gasteiger partial charge in [0.15, 0.2) is 0 Å². The van der Waals surface area contributed by atoms with Crippen LogP contribution in [0.4, 0.5) is 0 Å². The molecule has 0 aliphatic heterocycles. The number of carbonyl (C=O) groups excluding carboxylic acids is 3. The van der Waals surface area contributed by atoms with Crippen LogP contribution in [0.2, 0.25) is 5.02 Å². The zero-order chi connectivity index (χ0) is 18.8. The quantitative estimate of drug-likeness (QED) is 0.397. The Hall–Kier alpha value is -3.19. The summed E-state index contributed by atoms with van der Waals surface area (Å²) in [5, 5.41) is 0.895. The first-order valence-electron chi connectivity index (χ1n) is 7.43. The van der Waals surface area contributed by atoms with E-state index in [0.29, 0.717) is 21.6 Å². The molecule has 0 spiro atoms. The van der Waals surface area contributed by atoms with Crippen molar-refractivity contribution in [2.75, 3.05) is 14.2 Å². The molecule has 0 radical (unpaired) electrons. The van der Waals surface area contributed by atoms with Crippen LogP contribution in [0.15, 0.2) is 42.9 Å². The molecule has 8 heteroatoms. The highest BCUT2D eigenvalue weighted by atomic mass is 35.5. The summed E-state index contributed by atoms with van der Waals surface area (Å²) in [6.45, 7) is 0. The minimum absolute atomic E-state index is 0.137. The molecule has 0 unspecified atom stereocenters. The number of pyridine rings is 1. The van der Waals surface area contributed by atoms with Crippen LogP contribution in [0.5, 0.6) is 0 Å². The predicted molar refractivity (Wildman–Crippen MR) is 93.8 cm³/mol. The summed E-state index contributed by atoms with van der Waals surface area (Å²) in [6.07, 6.45) is 4.38. The number of esters is 2. The topological polar surface area (TPSA) is 87.5 Å². The van der Waals surface area contributed by atoms with Crippen molar-refractivity contribution in [3.05, 3.63) is 59.0 Å². The molecule has 0 aliphatic rings. The summed E-state index contributed by atoms with van der Waals surface area (Å²) in [7, 11) is 2.41. The number of ketones is 1. The van der Waals surface area contributed by atoms with Crippen LogP contribution in [-0.2, 0) is 14.3 Å². The standard InChI is InChI=1S/C18H13ClN2O5/c1-25-17(23)10-5-12(8-20-7-10)21-9-14(16(22)18(24)26-2)13-6-11(19)3-4-15(13)21/h3-9H,1-2H3. The van der Waals surface area contributed by atoms with Gasteiger partial charge in [0.25, 0.3) is 5.78 Å². The van der Waals surface area contributed by atoms with Gasteiger partial charge in [-0.3, -0.25) is 9.78 Å². The average Bonchev–Trinajstić information content (AvgIpc) is 3.04. The number of fused-ring (bicyclic) bond motifs is 1. The van der Waals surface area contributed by atoms with E-state index in [1.807, 2.05) is 0 Å². The molecule has 7 nitrogen and oxygen atoms in total. The number of hydrogen-bond acceptors (Lipinski definition) is 6. The molecule has 2 aromatic heterocycles. The van der Waals surface area contributed by atoms with E-state index in [4.69, 9.17) is 16.3 Å². The first-order chi connectivity index (χ1) is 12.5. The number of halogens is 1. The second-order valence-corrected chi connectivity index (χ2v) is 5.75. The number of ether oxygens (including phenoxy) is 2. The fourth-order valence-electron chi connectivity index (χ4n) is 2.59. The van der Waals surface area contributed by atoms with Gasteiger partial charge in [0.05, 0.1) is 42.7 Å². The van der Waals surface area contributed by atoms with E-state index < -0.39 is 17.7 Å². The second-order valence-electron chi connectivity index (χ2n) is 5.32. The molecule has 0 aliphatic carbocycles. The SMILES string of the molecule is COC(=O)C(=O)c1cn(-c2cncc(C(=O)OC)c2)c2ccc(Cl)cc12. The molecule has 132 valence electrons. The van der Waals surface area contributed by atoms with E-state index in [2.05, 4.69) is 9.72 Å².